The van der Waals surface area contributed by atoms with Crippen molar-refractivity contribution >= 4 is 0 Å². The molecule has 2 nitrogen and oxygen atoms in total. The lowest BCUT2D eigenvalue weighted by Gasteiger charge is -2.34. The van der Waals surface area contributed by atoms with Gasteiger partial charge in [0, 0.05) is 18.0 Å². The predicted octanol–water partition coefficient (Wildman–Crippen LogP) is 4.15. The van der Waals surface area contributed by atoms with Crippen molar-refractivity contribution in [2.75, 3.05) is 19.8 Å². The zero-order chi connectivity index (χ0) is 14.9. The Bertz CT molecular complexity index is 231. The molecule has 0 aromatic carbocycles. The molecule has 0 bridgehead atoms. The van der Waals surface area contributed by atoms with Gasteiger partial charge >= 0.3 is 6.18 Å². The normalized spacial score (nSPS) is 15.8. The molecule has 0 spiro atoms. The first-order chi connectivity index (χ1) is 8.74. The second-order valence-electron chi connectivity index (χ2n) is 5.60. The summed E-state index contributed by atoms with van der Waals surface area (Å²) in [6, 6.07) is 0.329. The zero-order valence-electron chi connectivity index (χ0n) is 12.6. The molecule has 5 heteroatoms. The van der Waals surface area contributed by atoms with Crippen LogP contribution in [0.1, 0.15) is 53.4 Å². The Morgan fingerprint density at radius 1 is 1.11 bits per heavy atom. The molecular weight excluding hydrogens is 255 g/mol. The van der Waals surface area contributed by atoms with E-state index >= 15 is 0 Å². The van der Waals surface area contributed by atoms with Gasteiger partial charge in [-0.25, -0.2) is 0 Å². The maximum atomic E-state index is 12.2. The van der Waals surface area contributed by atoms with E-state index in [1.807, 2.05) is 20.8 Å². The second-order valence-corrected chi connectivity index (χ2v) is 5.60. The molecule has 1 atom stereocenters. The Morgan fingerprint density at radius 2 is 1.74 bits per heavy atom. The molecule has 0 saturated carbocycles. The molecule has 0 fully saturated rings. The number of unbranched alkanes of at least 4 members (excludes halogenated alkanes) is 1. The van der Waals surface area contributed by atoms with Gasteiger partial charge in [-0.3, -0.25) is 0 Å². The number of hydrogen-bond acceptors (Lipinski definition) is 2. The van der Waals surface area contributed by atoms with Gasteiger partial charge in [0.2, 0.25) is 0 Å². The monoisotopic (exact) mass is 283 g/mol. The summed E-state index contributed by atoms with van der Waals surface area (Å²) in [7, 11) is 0. The van der Waals surface area contributed by atoms with Gasteiger partial charge < -0.3 is 10.1 Å². The van der Waals surface area contributed by atoms with Crippen molar-refractivity contribution < 1.29 is 17.9 Å². The molecule has 0 rings (SSSR count). The minimum atomic E-state index is -4.24. The standard InChI is InChI=1S/C14H28F3NO/c1-5-7-8-13(6-2,9-18-12(3)4)10-19-11-14(15,16)17/h12,18H,5-11H2,1-4H3. The topological polar surface area (TPSA) is 21.3 Å². The molecule has 1 unspecified atom stereocenters. The summed E-state index contributed by atoms with van der Waals surface area (Å²) in [5.41, 5.74) is -0.189. The average Bonchev–Trinajstić information content (AvgIpc) is 2.30. The first-order valence-electron chi connectivity index (χ1n) is 7.12. The van der Waals surface area contributed by atoms with Crippen LogP contribution >= 0.6 is 0 Å². The smallest absolute Gasteiger partial charge is 0.371 e. The van der Waals surface area contributed by atoms with Crippen LogP contribution in [0.4, 0.5) is 13.2 Å². The summed E-state index contributed by atoms with van der Waals surface area (Å²) in [4.78, 5) is 0. The molecule has 0 aliphatic rings. The predicted molar refractivity (Wildman–Crippen MR) is 72.3 cm³/mol. The molecule has 0 aliphatic carbocycles. The Balaban J connectivity index is 4.43. The highest BCUT2D eigenvalue weighted by molar-refractivity contribution is 4.81. The van der Waals surface area contributed by atoms with E-state index in [1.165, 1.54) is 0 Å². The molecule has 1 N–H and O–H groups in total. The van der Waals surface area contributed by atoms with Crippen LogP contribution in [0, 0.1) is 5.41 Å². The van der Waals surface area contributed by atoms with Crippen LogP contribution < -0.4 is 5.32 Å². The van der Waals surface area contributed by atoms with Gasteiger partial charge in [0.15, 0.2) is 0 Å². The fourth-order valence-electron chi connectivity index (χ4n) is 1.97. The van der Waals surface area contributed by atoms with Gasteiger partial charge in [0.1, 0.15) is 6.61 Å². The quantitative estimate of drug-likeness (QED) is 0.650. The van der Waals surface area contributed by atoms with Crippen LogP contribution in [0.2, 0.25) is 0 Å². The third-order valence-corrected chi connectivity index (χ3v) is 3.37. The summed E-state index contributed by atoms with van der Waals surface area (Å²) in [5.74, 6) is 0. The average molecular weight is 283 g/mol. The van der Waals surface area contributed by atoms with Crippen LogP contribution in [0.5, 0.6) is 0 Å². The molecule has 0 aromatic heterocycles. The van der Waals surface area contributed by atoms with E-state index in [0.717, 1.165) is 25.7 Å². The number of alkyl halides is 3. The third kappa shape index (κ3) is 9.27. The van der Waals surface area contributed by atoms with Crippen molar-refractivity contribution in [2.24, 2.45) is 5.41 Å². The number of ether oxygens (including phenoxy) is 1. The summed E-state index contributed by atoms with van der Waals surface area (Å²) in [5, 5.41) is 3.33. The van der Waals surface area contributed by atoms with Gasteiger partial charge in [0.05, 0.1) is 6.61 Å². The van der Waals surface area contributed by atoms with Crippen molar-refractivity contribution in [1.82, 2.24) is 5.32 Å². The van der Waals surface area contributed by atoms with Crippen molar-refractivity contribution in [2.45, 2.75) is 65.6 Å². The highest BCUT2D eigenvalue weighted by Crippen LogP contribution is 2.29. The van der Waals surface area contributed by atoms with Crippen LogP contribution in [-0.4, -0.2) is 32.0 Å². The Hall–Kier alpha value is -0.290. The Morgan fingerprint density at radius 3 is 2.16 bits per heavy atom. The lowest BCUT2D eigenvalue weighted by atomic mass is 9.80. The summed E-state index contributed by atoms with van der Waals surface area (Å²) in [6.07, 6.45) is -0.455. The van der Waals surface area contributed by atoms with E-state index in [9.17, 15) is 13.2 Å². The largest absolute Gasteiger partial charge is 0.411 e. The third-order valence-electron chi connectivity index (χ3n) is 3.37. The molecule has 0 amide bonds. The van der Waals surface area contributed by atoms with E-state index < -0.39 is 12.8 Å². The maximum absolute atomic E-state index is 12.2. The van der Waals surface area contributed by atoms with E-state index in [0.29, 0.717) is 12.6 Å². The van der Waals surface area contributed by atoms with Gasteiger partial charge in [-0.2, -0.15) is 13.2 Å². The summed E-state index contributed by atoms with van der Waals surface area (Å²) >= 11 is 0. The second kappa shape index (κ2) is 8.80. The first-order valence-corrected chi connectivity index (χ1v) is 7.12. The van der Waals surface area contributed by atoms with Crippen LogP contribution in [0.3, 0.4) is 0 Å². The number of rotatable bonds is 10. The van der Waals surface area contributed by atoms with Crippen LogP contribution in [0.15, 0.2) is 0 Å². The van der Waals surface area contributed by atoms with Gasteiger partial charge in [-0.1, -0.05) is 40.5 Å². The molecule has 0 radical (unpaired) electrons. The highest BCUT2D eigenvalue weighted by atomic mass is 19.4. The van der Waals surface area contributed by atoms with E-state index in [2.05, 4.69) is 12.2 Å². The van der Waals surface area contributed by atoms with Crippen molar-refractivity contribution in [3.05, 3.63) is 0 Å². The van der Waals surface area contributed by atoms with E-state index in [1.54, 1.807) is 0 Å². The van der Waals surface area contributed by atoms with Crippen molar-refractivity contribution in [1.29, 1.82) is 0 Å². The molecule has 116 valence electrons. The maximum Gasteiger partial charge on any atom is 0.411 e. The fraction of sp³-hybridized carbons (Fsp3) is 1.00. The molecule has 0 saturated heterocycles. The van der Waals surface area contributed by atoms with Crippen LogP contribution in [-0.2, 0) is 4.74 Å². The minimum Gasteiger partial charge on any atom is -0.371 e. The minimum absolute atomic E-state index is 0.169. The SMILES string of the molecule is CCCCC(CC)(CNC(C)C)COCC(F)(F)F. The van der Waals surface area contributed by atoms with Gasteiger partial charge in [-0.15, -0.1) is 0 Å². The lowest BCUT2D eigenvalue weighted by molar-refractivity contribution is -0.181. The van der Waals surface area contributed by atoms with E-state index in [-0.39, 0.29) is 12.0 Å². The zero-order valence-corrected chi connectivity index (χ0v) is 12.6. The van der Waals surface area contributed by atoms with Crippen molar-refractivity contribution in [3.8, 4) is 0 Å². The summed E-state index contributed by atoms with van der Waals surface area (Å²) < 4.78 is 41.4. The molecule has 0 aliphatic heterocycles. The molecule has 19 heavy (non-hydrogen) atoms. The fourth-order valence-corrected chi connectivity index (χ4v) is 1.97. The van der Waals surface area contributed by atoms with E-state index in [4.69, 9.17) is 4.74 Å². The van der Waals surface area contributed by atoms with Crippen LogP contribution in [0.25, 0.3) is 0 Å². The summed E-state index contributed by atoms with van der Waals surface area (Å²) in [6.45, 7) is 7.92. The Labute approximate surface area is 115 Å². The first kappa shape index (κ1) is 18.7. The van der Waals surface area contributed by atoms with Gasteiger partial charge in [0.25, 0.3) is 0 Å². The van der Waals surface area contributed by atoms with Crippen molar-refractivity contribution in [3.63, 3.8) is 0 Å². The molecular formula is C14H28F3NO. The number of hydrogen-bond donors (Lipinski definition) is 1. The lowest BCUT2D eigenvalue weighted by Crippen LogP contribution is -2.41. The molecule has 0 aromatic rings. The van der Waals surface area contributed by atoms with Gasteiger partial charge in [-0.05, 0) is 12.8 Å². The number of nitrogens with one attached hydrogen (secondary N) is 1. The highest BCUT2D eigenvalue weighted by Gasteiger charge is 2.32. The number of halogens is 3. The molecule has 0 heterocycles. The Kier molecular flexibility index (Phi) is 8.66.